The van der Waals surface area contributed by atoms with Gasteiger partial charge in [-0.1, -0.05) is 13.8 Å². The number of halogens is 3. The van der Waals surface area contributed by atoms with E-state index in [2.05, 4.69) is 29.1 Å². The summed E-state index contributed by atoms with van der Waals surface area (Å²) in [6.45, 7) is 4.57. The largest absolute Gasteiger partial charge is 0.405 e. The van der Waals surface area contributed by atoms with E-state index in [1.54, 1.807) is 0 Å². The van der Waals surface area contributed by atoms with Crippen LogP contribution in [-0.2, 0) is 6.54 Å². The second-order valence-electron chi connectivity index (χ2n) is 4.86. The maximum absolute atomic E-state index is 12.2. The van der Waals surface area contributed by atoms with Crippen molar-refractivity contribution in [2.24, 2.45) is 5.92 Å². The minimum atomic E-state index is -4.24. The lowest BCUT2D eigenvalue weighted by Crippen LogP contribution is -2.31. The van der Waals surface area contributed by atoms with Gasteiger partial charge in [0.25, 0.3) is 0 Å². The first-order chi connectivity index (χ1) is 8.78. The summed E-state index contributed by atoms with van der Waals surface area (Å²) >= 11 is 0. The molecule has 0 saturated carbocycles. The van der Waals surface area contributed by atoms with Gasteiger partial charge < -0.3 is 10.2 Å². The standard InChI is InChI=1S/C12H19F3N4/c1-9(2)4-16-5-10-6-18-11(7-17-10)19(3)8-12(13,14)15/h6-7,9,16H,4-5,8H2,1-3H3. The lowest BCUT2D eigenvalue weighted by molar-refractivity contribution is -0.119. The molecule has 0 aliphatic heterocycles. The van der Waals surface area contributed by atoms with Crippen molar-refractivity contribution >= 4 is 5.82 Å². The highest BCUT2D eigenvalue weighted by Crippen LogP contribution is 2.18. The molecule has 0 spiro atoms. The maximum Gasteiger partial charge on any atom is 0.405 e. The van der Waals surface area contributed by atoms with Crippen LogP contribution in [0.25, 0.3) is 0 Å². The Balaban J connectivity index is 2.51. The van der Waals surface area contributed by atoms with Gasteiger partial charge in [-0.25, -0.2) is 4.98 Å². The fourth-order valence-electron chi connectivity index (χ4n) is 1.48. The van der Waals surface area contributed by atoms with E-state index in [0.717, 1.165) is 11.4 Å². The predicted molar refractivity (Wildman–Crippen MR) is 67.9 cm³/mol. The van der Waals surface area contributed by atoms with Crippen molar-refractivity contribution < 1.29 is 13.2 Å². The molecule has 19 heavy (non-hydrogen) atoms. The Morgan fingerprint density at radius 2 is 1.95 bits per heavy atom. The van der Waals surface area contributed by atoms with Crippen LogP contribution in [0.15, 0.2) is 12.4 Å². The third-order valence-electron chi connectivity index (χ3n) is 2.36. The number of alkyl halides is 3. The van der Waals surface area contributed by atoms with E-state index in [0.29, 0.717) is 18.2 Å². The fraction of sp³-hybridized carbons (Fsp3) is 0.667. The summed E-state index contributed by atoms with van der Waals surface area (Å²) in [4.78, 5) is 9.10. The van der Waals surface area contributed by atoms with Gasteiger partial charge in [-0.2, -0.15) is 13.2 Å². The Morgan fingerprint density at radius 3 is 2.42 bits per heavy atom. The van der Waals surface area contributed by atoms with Gasteiger partial charge in [0.2, 0.25) is 0 Å². The van der Waals surface area contributed by atoms with Crippen molar-refractivity contribution in [3.8, 4) is 0 Å². The molecule has 1 aromatic heterocycles. The summed E-state index contributed by atoms with van der Waals surface area (Å²) in [6.07, 6.45) is -1.39. The number of nitrogens with one attached hydrogen (secondary N) is 1. The Kier molecular flexibility index (Phi) is 5.53. The van der Waals surface area contributed by atoms with E-state index in [1.165, 1.54) is 19.4 Å². The fourth-order valence-corrected chi connectivity index (χ4v) is 1.48. The van der Waals surface area contributed by atoms with Crippen LogP contribution in [0.3, 0.4) is 0 Å². The summed E-state index contributed by atoms with van der Waals surface area (Å²) in [5.41, 5.74) is 0.713. The highest BCUT2D eigenvalue weighted by Gasteiger charge is 2.29. The number of hydrogen-bond acceptors (Lipinski definition) is 4. The van der Waals surface area contributed by atoms with Crippen LogP contribution < -0.4 is 10.2 Å². The maximum atomic E-state index is 12.2. The van der Waals surface area contributed by atoms with E-state index in [4.69, 9.17) is 0 Å². The molecule has 1 N–H and O–H groups in total. The molecule has 1 rings (SSSR count). The molecule has 0 aliphatic rings. The van der Waals surface area contributed by atoms with Crippen LogP contribution in [0.5, 0.6) is 0 Å². The first kappa shape index (κ1) is 15.7. The molecule has 0 aliphatic carbocycles. The van der Waals surface area contributed by atoms with Gasteiger partial charge in [0.1, 0.15) is 12.4 Å². The van der Waals surface area contributed by atoms with Crippen molar-refractivity contribution in [3.63, 3.8) is 0 Å². The van der Waals surface area contributed by atoms with Crippen LogP contribution in [-0.4, -0.2) is 36.3 Å². The van der Waals surface area contributed by atoms with Crippen molar-refractivity contribution in [3.05, 3.63) is 18.1 Å². The molecule has 108 valence electrons. The van der Waals surface area contributed by atoms with E-state index in [1.807, 2.05) is 0 Å². The van der Waals surface area contributed by atoms with Crippen LogP contribution in [0.1, 0.15) is 19.5 Å². The zero-order valence-corrected chi connectivity index (χ0v) is 11.3. The van der Waals surface area contributed by atoms with Crippen molar-refractivity contribution in [2.75, 3.05) is 25.0 Å². The first-order valence-electron chi connectivity index (χ1n) is 6.07. The van der Waals surface area contributed by atoms with Gasteiger partial charge >= 0.3 is 6.18 Å². The van der Waals surface area contributed by atoms with Crippen LogP contribution in [0.2, 0.25) is 0 Å². The average molecular weight is 276 g/mol. The van der Waals surface area contributed by atoms with E-state index in [-0.39, 0.29) is 5.82 Å². The third-order valence-corrected chi connectivity index (χ3v) is 2.36. The van der Waals surface area contributed by atoms with Gasteiger partial charge in [-0.05, 0) is 12.5 Å². The molecule has 0 unspecified atom stereocenters. The molecule has 0 fully saturated rings. The number of rotatable bonds is 6. The van der Waals surface area contributed by atoms with Crippen molar-refractivity contribution in [2.45, 2.75) is 26.6 Å². The minimum Gasteiger partial charge on any atom is -0.349 e. The monoisotopic (exact) mass is 276 g/mol. The Labute approximate surface area is 111 Å². The minimum absolute atomic E-state index is 0.213. The highest BCUT2D eigenvalue weighted by atomic mass is 19.4. The topological polar surface area (TPSA) is 41.1 Å². The first-order valence-corrected chi connectivity index (χ1v) is 6.07. The summed E-state index contributed by atoms with van der Waals surface area (Å²) in [5, 5.41) is 3.19. The molecule has 0 saturated heterocycles. The van der Waals surface area contributed by atoms with Gasteiger partial charge in [0, 0.05) is 13.6 Å². The summed E-state index contributed by atoms with van der Waals surface area (Å²) in [5.74, 6) is 0.745. The Morgan fingerprint density at radius 1 is 1.26 bits per heavy atom. The molecular weight excluding hydrogens is 257 g/mol. The number of hydrogen-bond donors (Lipinski definition) is 1. The lowest BCUT2D eigenvalue weighted by Gasteiger charge is -2.19. The summed E-state index contributed by atoms with van der Waals surface area (Å²) in [7, 11) is 1.34. The summed E-state index contributed by atoms with van der Waals surface area (Å²) in [6, 6.07) is 0. The highest BCUT2D eigenvalue weighted by molar-refractivity contribution is 5.34. The van der Waals surface area contributed by atoms with Gasteiger partial charge in [-0.15, -0.1) is 0 Å². The van der Waals surface area contributed by atoms with Crippen molar-refractivity contribution in [1.29, 1.82) is 0 Å². The van der Waals surface area contributed by atoms with Gasteiger partial charge in [0.15, 0.2) is 0 Å². The zero-order chi connectivity index (χ0) is 14.5. The van der Waals surface area contributed by atoms with Gasteiger partial charge in [0.05, 0.1) is 18.1 Å². The molecule has 7 heteroatoms. The third kappa shape index (κ3) is 6.37. The second kappa shape index (κ2) is 6.70. The van der Waals surface area contributed by atoms with E-state index >= 15 is 0 Å². The Bertz CT molecular complexity index is 376. The molecule has 0 bridgehead atoms. The van der Waals surface area contributed by atoms with Crippen LogP contribution >= 0.6 is 0 Å². The number of anilines is 1. The molecular formula is C12H19F3N4. The average Bonchev–Trinajstić information content (AvgIpc) is 2.27. The van der Waals surface area contributed by atoms with Gasteiger partial charge in [-0.3, -0.25) is 4.98 Å². The zero-order valence-electron chi connectivity index (χ0n) is 11.3. The smallest absolute Gasteiger partial charge is 0.349 e. The molecule has 0 radical (unpaired) electrons. The second-order valence-corrected chi connectivity index (χ2v) is 4.86. The summed E-state index contributed by atoms with van der Waals surface area (Å²) < 4.78 is 36.6. The lowest BCUT2D eigenvalue weighted by atomic mass is 10.2. The SMILES string of the molecule is CC(C)CNCc1cnc(N(C)CC(F)(F)F)cn1. The van der Waals surface area contributed by atoms with Crippen molar-refractivity contribution in [1.82, 2.24) is 15.3 Å². The predicted octanol–water partition coefficient (Wildman–Crippen LogP) is 2.22. The normalized spacial score (nSPS) is 11.9. The molecule has 0 aromatic carbocycles. The van der Waals surface area contributed by atoms with E-state index < -0.39 is 12.7 Å². The molecule has 1 heterocycles. The molecule has 1 aromatic rings. The molecule has 0 atom stereocenters. The Hall–Kier alpha value is -1.37. The van der Waals surface area contributed by atoms with E-state index in [9.17, 15) is 13.2 Å². The number of aromatic nitrogens is 2. The molecule has 0 amide bonds. The molecule has 4 nitrogen and oxygen atoms in total. The number of nitrogens with zero attached hydrogens (tertiary/aromatic N) is 3. The van der Waals surface area contributed by atoms with Crippen LogP contribution in [0, 0.1) is 5.92 Å². The van der Waals surface area contributed by atoms with Crippen LogP contribution in [0.4, 0.5) is 19.0 Å². The quantitative estimate of drug-likeness (QED) is 0.865.